The van der Waals surface area contributed by atoms with Crippen molar-refractivity contribution in [2.45, 2.75) is 32.7 Å². The Morgan fingerprint density at radius 3 is 2.15 bits per heavy atom. The first-order chi connectivity index (χ1) is 9.37. The highest BCUT2D eigenvalue weighted by Gasteiger charge is 2.28. The number of aryl methyl sites for hydroxylation is 2. The van der Waals surface area contributed by atoms with E-state index < -0.39 is 17.2 Å². The Balaban J connectivity index is 2.51. The molecule has 3 heteroatoms. The van der Waals surface area contributed by atoms with Gasteiger partial charge in [0.25, 0.3) is 0 Å². The van der Waals surface area contributed by atoms with Crippen molar-refractivity contribution in [2.75, 3.05) is 0 Å². The van der Waals surface area contributed by atoms with Gasteiger partial charge in [0.15, 0.2) is 11.6 Å². The maximum Gasteiger partial charge on any atom is 0.164 e. The summed E-state index contributed by atoms with van der Waals surface area (Å²) in [7, 11) is 0. The molecule has 0 bridgehead atoms. The lowest BCUT2D eigenvalue weighted by atomic mass is 9.84. The lowest BCUT2D eigenvalue weighted by Gasteiger charge is -2.27. The second kappa shape index (κ2) is 5.33. The number of hydrogen-bond donors (Lipinski definition) is 1. The normalized spacial score (nSPS) is 14.1. The van der Waals surface area contributed by atoms with Gasteiger partial charge in [-0.3, -0.25) is 0 Å². The van der Waals surface area contributed by atoms with Gasteiger partial charge >= 0.3 is 0 Å². The molecule has 2 N–H and O–H groups in total. The minimum Gasteiger partial charge on any atom is -0.318 e. The Morgan fingerprint density at radius 1 is 1.00 bits per heavy atom. The zero-order valence-corrected chi connectivity index (χ0v) is 12.0. The first kappa shape index (κ1) is 14.7. The van der Waals surface area contributed by atoms with Crippen LogP contribution >= 0.6 is 0 Å². The monoisotopic (exact) mass is 275 g/mol. The van der Waals surface area contributed by atoms with E-state index in [4.69, 9.17) is 5.73 Å². The van der Waals surface area contributed by atoms with Crippen molar-refractivity contribution >= 4 is 0 Å². The fourth-order valence-electron chi connectivity index (χ4n) is 2.29. The highest BCUT2D eigenvalue weighted by Crippen LogP contribution is 2.30. The number of rotatable bonds is 3. The summed E-state index contributed by atoms with van der Waals surface area (Å²) < 4.78 is 27.9. The van der Waals surface area contributed by atoms with Crippen LogP contribution in [-0.2, 0) is 12.0 Å². The topological polar surface area (TPSA) is 26.0 Å². The lowest BCUT2D eigenvalue weighted by Crippen LogP contribution is -2.35. The molecule has 1 atom stereocenters. The van der Waals surface area contributed by atoms with Crippen LogP contribution in [0.3, 0.4) is 0 Å². The molecular formula is C17H19F2N. The van der Waals surface area contributed by atoms with E-state index in [0.29, 0.717) is 0 Å². The van der Waals surface area contributed by atoms with Gasteiger partial charge in [0.2, 0.25) is 0 Å². The second-order valence-corrected chi connectivity index (χ2v) is 5.31. The molecule has 0 fully saturated rings. The summed E-state index contributed by atoms with van der Waals surface area (Å²) in [6.45, 7) is 5.29. The van der Waals surface area contributed by atoms with Crippen LogP contribution < -0.4 is 5.73 Å². The van der Waals surface area contributed by atoms with Crippen LogP contribution in [0, 0.1) is 18.6 Å². The van der Waals surface area contributed by atoms with Gasteiger partial charge in [-0.2, -0.15) is 0 Å². The largest absolute Gasteiger partial charge is 0.318 e. The van der Waals surface area contributed by atoms with Crippen molar-refractivity contribution < 1.29 is 8.78 Å². The maximum atomic E-state index is 14.1. The van der Waals surface area contributed by atoms with E-state index in [-0.39, 0.29) is 11.1 Å². The molecule has 0 radical (unpaired) electrons. The highest BCUT2D eigenvalue weighted by molar-refractivity contribution is 5.40. The standard InChI is InChI=1S/C17H19F2N/c1-4-12-6-8-13(9-7-12)17(3,20)14-10-5-11(2)15(18)16(14)19/h5-10H,4,20H2,1-3H3. The minimum absolute atomic E-state index is 0.171. The van der Waals surface area contributed by atoms with Gasteiger partial charge in [0.05, 0.1) is 5.54 Å². The first-order valence-corrected chi connectivity index (χ1v) is 6.71. The molecule has 2 aromatic rings. The summed E-state index contributed by atoms with van der Waals surface area (Å²) in [5.41, 5.74) is 7.59. The molecule has 1 unspecified atom stereocenters. The van der Waals surface area contributed by atoms with Crippen molar-refractivity contribution in [2.24, 2.45) is 5.73 Å². The van der Waals surface area contributed by atoms with Crippen LogP contribution in [0.1, 0.15) is 36.1 Å². The van der Waals surface area contributed by atoms with E-state index in [1.54, 1.807) is 19.1 Å². The fraction of sp³-hybridized carbons (Fsp3) is 0.294. The molecule has 0 amide bonds. The summed E-state index contributed by atoms with van der Waals surface area (Å²) in [4.78, 5) is 0. The molecule has 0 saturated heterocycles. The van der Waals surface area contributed by atoms with Crippen molar-refractivity contribution in [3.8, 4) is 0 Å². The van der Waals surface area contributed by atoms with Crippen LogP contribution in [0.4, 0.5) is 8.78 Å². The quantitative estimate of drug-likeness (QED) is 0.898. The van der Waals surface area contributed by atoms with Gasteiger partial charge in [-0.05, 0) is 37.0 Å². The van der Waals surface area contributed by atoms with Crippen LogP contribution in [0.15, 0.2) is 36.4 Å². The highest BCUT2D eigenvalue weighted by atomic mass is 19.2. The van der Waals surface area contributed by atoms with Crippen LogP contribution in [0.2, 0.25) is 0 Å². The Hall–Kier alpha value is -1.74. The summed E-state index contributed by atoms with van der Waals surface area (Å²) in [5.74, 6) is -1.70. The molecule has 2 rings (SSSR count). The van der Waals surface area contributed by atoms with Crippen LogP contribution in [0.5, 0.6) is 0 Å². The Bertz CT molecular complexity index is 616. The summed E-state index contributed by atoms with van der Waals surface area (Å²) in [6.07, 6.45) is 0.926. The third-order valence-electron chi connectivity index (χ3n) is 3.80. The van der Waals surface area contributed by atoms with Crippen LogP contribution in [0.25, 0.3) is 0 Å². The molecule has 20 heavy (non-hydrogen) atoms. The summed E-state index contributed by atoms with van der Waals surface area (Å²) in [6, 6.07) is 10.8. The SMILES string of the molecule is CCc1ccc(C(C)(N)c2ccc(C)c(F)c2F)cc1. The van der Waals surface area contributed by atoms with Gasteiger partial charge in [0, 0.05) is 5.56 Å². The van der Waals surface area contributed by atoms with Crippen molar-refractivity contribution in [3.05, 3.63) is 70.3 Å². The number of benzene rings is 2. The Morgan fingerprint density at radius 2 is 1.60 bits per heavy atom. The van der Waals surface area contributed by atoms with Crippen molar-refractivity contribution in [1.29, 1.82) is 0 Å². The zero-order valence-electron chi connectivity index (χ0n) is 12.0. The van der Waals surface area contributed by atoms with Crippen molar-refractivity contribution in [3.63, 3.8) is 0 Å². The maximum absolute atomic E-state index is 14.1. The first-order valence-electron chi connectivity index (χ1n) is 6.71. The fourth-order valence-corrected chi connectivity index (χ4v) is 2.29. The predicted octanol–water partition coefficient (Wildman–Crippen LogP) is 4.06. The number of nitrogens with two attached hydrogens (primary N) is 1. The molecule has 0 aromatic heterocycles. The minimum atomic E-state index is -1.06. The van der Waals surface area contributed by atoms with E-state index in [0.717, 1.165) is 12.0 Å². The molecule has 106 valence electrons. The molecular weight excluding hydrogens is 256 g/mol. The molecule has 0 saturated carbocycles. The average molecular weight is 275 g/mol. The third kappa shape index (κ3) is 2.46. The second-order valence-electron chi connectivity index (χ2n) is 5.31. The molecule has 1 nitrogen and oxygen atoms in total. The average Bonchev–Trinajstić information content (AvgIpc) is 2.44. The van der Waals surface area contributed by atoms with Gasteiger partial charge in [-0.1, -0.05) is 43.3 Å². The molecule has 0 aliphatic carbocycles. The van der Waals surface area contributed by atoms with E-state index in [1.165, 1.54) is 12.5 Å². The van der Waals surface area contributed by atoms with E-state index in [9.17, 15) is 8.78 Å². The van der Waals surface area contributed by atoms with E-state index in [2.05, 4.69) is 6.92 Å². The third-order valence-corrected chi connectivity index (χ3v) is 3.80. The number of hydrogen-bond acceptors (Lipinski definition) is 1. The van der Waals surface area contributed by atoms with Crippen molar-refractivity contribution in [1.82, 2.24) is 0 Å². The molecule has 0 heterocycles. The zero-order chi connectivity index (χ0) is 14.9. The molecule has 0 aliphatic rings. The molecule has 0 spiro atoms. The Labute approximate surface area is 118 Å². The van der Waals surface area contributed by atoms with Gasteiger partial charge in [-0.15, -0.1) is 0 Å². The van der Waals surface area contributed by atoms with Gasteiger partial charge < -0.3 is 5.73 Å². The van der Waals surface area contributed by atoms with Crippen LogP contribution in [-0.4, -0.2) is 0 Å². The lowest BCUT2D eigenvalue weighted by molar-refractivity contribution is 0.464. The van der Waals surface area contributed by atoms with Gasteiger partial charge in [-0.25, -0.2) is 8.78 Å². The summed E-state index contributed by atoms with van der Waals surface area (Å²) >= 11 is 0. The smallest absolute Gasteiger partial charge is 0.164 e. The summed E-state index contributed by atoms with van der Waals surface area (Å²) in [5, 5.41) is 0. The van der Waals surface area contributed by atoms with E-state index >= 15 is 0 Å². The van der Waals surface area contributed by atoms with Gasteiger partial charge in [0.1, 0.15) is 0 Å². The van der Waals surface area contributed by atoms with E-state index in [1.807, 2.05) is 24.3 Å². The molecule has 0 aliphatic heterocycles. The Kier molecular flexibility index (Phi) is 3.91. The predicted molar refractivity (Wildman–Crippen MR) is 77.6 cm³/mol. The number of halogens is 2. The molecule has 2 aromatic carbocycles.